The Morgan fingerprint density at radius 3 is 2.90 bits per heavy atom. The fourth-order valence-corrected chi connectivity index (χ4v) is 2.09. The summed E-state index contributed by atoms with van der Waals surface area (Å²) in [5.74, 6) is 0.721. The molecule has 0 aliphatic carbocycles. The normalized spacial score (nSPS) is 12.3. The highest BCUT2D eigenvalue weighted by Gasteiger charge is 2.12. The molecular formula is C16H22N2O3. The molecule has 0 saturated carbocycles. The van der Waals surface area contributed by atoms with Crippen molar-refractivity contribution in [2.24, 2.45) is 0 Å². The van der Waals surface area contributed by atoms with Crippen LogP contribution in [0.15, 0.2) is 24.3 Å². The first kappa shape index (κ1) is 15.4. The third-order valence-electron chi connectivity index (χ3n) is 3.28. The number of carbonyl (C=O) groups excluding carboxylic acids is 1. The predicted molar refractivity (Wildman–Crippen MR) is 82.4 cm³/mol. The molecule has 2 aromatic rings. The van der Waals surface area contributed by atoms with Crippen LogP contribution in [0.1, 0.15) is 26.0 Å². The van der Waals surface area contributed by atoms with Crippen molar-refractivity contribution in [3.63, 3.8) is 0 Å². The lowest BCUT2D eigenvalue weighted by atomic mass is 10.2. The maximum Gasteiger partial charge on any atom is 0.249 e. The average Bonchev–Trinajstić information content (AvgIpc) is 2.91. The van der Waals surface area contributed by atoms with E-state index in [2.05, 4.69) is 10.3 Å². The summed E-state index contributed by atoms with van der Waals surface area (Å²) < 4.78 is 10.6. The molecule has 1 aromatic heterocycles. The molecule has 21 heavy (non-hydrogen) atoms. The number of carbonyl (C=O) groups is 1. The van der Waals surface area contributed by atoms with Crippen LogP contribution in [0.3, 0.4) is 0 Å². The number of nitrogens with one attached hydrogen (secondary N) is 2. The molecule has 1 amide bonds. The van der Waals surface area contributed by atoms with E-state index >= 15 is 0 Å². The Morgan fingerprint density at radius 1 is 1.38 bits per heavy atom. The van der Waals surface area contributed by atoms with Crippen LogP contribution in [-0.2, 0) is 16.1 Å². The van der Waals surface area contributed by atoms with Crippen molar-refractivity contribution in [3.05, 3.63) is 30.0 Å². The Kier molecular flexibility index (Phi) is 5.22. The highest BCUT2D eigenvalue weighted by Crippen LogP contribution is 2.21. The standard InChI is InChI=1S/C16H22N2O3/c1-4-7-21-11(2)16(19)17-10-13-8-12-9-14(20-3)5-6-15(12)18-13/h5-6,8-9,11,18H,4,7,10H2,1-3H3,(H,17,19). The quantitative estimate of drug-likeness (QED) is 0.824. The van der Waals surface area contributed by atoms with Crippen LogP contribution in [0, 0.1) is 0 Å². The second-order valence-corrected chi connectivity index (χ2v) is 4.98. The van der Waals surface area contributed by atoms with Crippen LogP contribution < -0.4 is 10.1 Å². The number of rotatable bonds is 7. The van der Waals surface area contributed by atoms with Gasteiger partial charge in [0.25, 0.3) is 0 Å². The van der Waals surface area contributed by atoms with Gasteiger partial charge >= 0.3 is 0 Å². The monoisotopic (exact) mass is 290 g/mol. The van der Waals surface area contributed by atoms with E-state index < -0.39 is 6.10 Å². The van der Waals surface area contributed by atoms with Crippen molar-refractivity contribution in [1.82, 2.24) is 10.3 Å². The van der Waals surface area contributed by atoms with E-state index in [4.69, 9.17) is 9.47 Å². The fraction of sp³-hybridized carbons (Fsp3) is 0.438. The Balaban J connectivity index is 1.95. The average molecular weight is 290 g/mol. The molecule has 0 aliphatic rings. The van der Waals surface area contributed by atoms with E-state index in [0.717, 1.165) is 28.8 Å². The number of fused-ring (bicyclic) bond motifs is 1. The van der Waals surface area contributed by atoms with Crippen LogP contribution >= 0.6 is 0 Å². The molecule has 0 aliphatic heterocycles. The third-order valence-corrected chi connectivity index (χ3v) is 3.28. The van der Waals surface area contributed by atoms with Crippen LogP contribution in [0.2, 0.25) is 0 Å². The summed E-state index contributed by atoms with van der Waals surface area (Å²) in [6.07, 6.45) is 0.482. The number of hydrogen-bond donors (Lipinski definition) is 2. The van der Waals surface area contributed by atoms with Gasteiger partial charge in [-0.1, -0.05) is 6.92 Å². The zero-order valence-electron chi connectivity index (χ0n) is 12.7. The van der Waals surface area contributed by atoms with E-state index in [1.54, 1.807) is 14.0 Å². The number of aromatic nitrogens is 1. The van der Waals surface area contributed by atoms with Crippen molar-refractivity contribution in [3.8, 4) is 5.75 Å². The molecule has 0 radical (unpaired) electrons. The molecule has 0 bridgehead atoms. The van der Waals surface area contributed by atoms with Crippen molar-refractivity contribution in [2.45, 2.75) is 32.9 Å². The van der Waals surface area contributed by atoms with E-state index in [0.29, 0.717) is 13.2 Å². The van der Waals surface area contributed by atoms with Crippen LogP contribution in [0.4, 0.5) is 0 Å². The first-order valence-corrected chi connectivity index (χ1v) is 7.19. The Morgan fingerprint density at radius 2 is 2.19 bits per heavy atom. The number of aromatic amines is 1. The smallest absolute Gasteiger partial charge is 0.249 e. The highest BCUT2D eigenvalue weighted by atomic mass is 16.5. The number of amides is 1. The maximum absolute atomic E-state index is 11.9. The first-order valence-electron chi connectivity index (χ1n) is 7.19. The van der Waals surface area contributed by atoms with Crippen LogP contribution in [0.5, 0.6) is 5.75 Å². The van der Waals surface area contributed by atoms with Crippen molar-refractivity contribution in [2.75, 3.05) is 13.7 Å². The van der Waals surface area contributed by atoms with Gasteiger partial charge in [0.1, 0.15) is 11.9 Å². The molecule has 0 spiro atoms. The topological polar surface area (TPSA) is 63.4 Å². The van der Waals surface area contributed by atoms with Gasteiger partial charge in [-0.15, -0.1) is 0 Å². The summed E-state index contributed by atoms with van der Waals surface area (Å²) in [6.45, 7) is 4.83. The van der Waals surface area contributed by atoms with Crippen molar-refractivity contribution in [1.29, 1.82) is 0 Å². The number of methoxy groups -OCH3 is 1. The van der Waals surface area contributed by atoms with E-state index in [-0.39, 0.29) is 5.91 Å². The summed E-state index contributed by atoms with van der Waals surface area (Å²) in [6, 6.07) is 7.84. The van der Waals surface area contributed by atoms with Gasteiger partial charge in [-0.05, 0) is 37.6 Å². The zero-order chi connectivity index (χ0) is 15.2. The fourth-order valence-electron chi connectivity index (χ4n) is 2.09. The van der Waals surface area contributed by atoms with E-state index in [9.17, 15) is 4.79 Å². The van der Waals surface area contributed by atoms with Gasteiger partial charge in [-0.3, -0.25) is 4.79 Å². The van der Waals surface area contributed by atoms with Crippen molar-refractivity contribution >= 4 is 16.8 Å². The lowest BCUT2D eigenvalue weighted by Crippen LogP contribution is -2.34. The largest absolute Gasteiger partial charge is 0.497 e. The van der Waals surface area contributed by atoms with Gasteiger partial charge in [0.2, 0.25) is 5.91 Å². The molecule has 1 heterocycles. The molecule has 5 nitrogen and oxygen atoms in total. The molecule has 1 atom stereocenters. The molecule has 1 aromatic carbocycles. The second-order valence-electron chi connectivity index (χ2n) is 4.98. The molecule has 2 rings (SSSR count). The Hall–Kier alpha value is -2.01. The molecule has 114 valence electrons. The number of ether oxygens (including phenoxy) is 2. The van der Waals surface area contributed by atoms with Gasteiger partial charge in [-0.2, -0.15) is 0 Å². The van der Waals surface area contributed by atoms with Gasteiger partial charge in [0.05, 0.1) is 13.7 Å². The van der Waals surface area contributed by atoms with Crippen LogP contribution in [0.25, 0.3) is 10.9 Å². The van der Waals surface area contributed by atoms with Crippen LogP contribution in [-0.4, -0.2) is 30.7 Å². The minimum absolute atomic E-state index is 0.0975. The zero-order valence-corrected chi connectivity index (χ0v) is 12.7. The molecule has 1 unspecified atom stereocenters. The molecule has 0 saturated heterocycles. The predicted octanol–water partition coefficient (Wildman–Crippen LogP) is 2.61. The number of hydrogen-bond acceptors (Lipinski definition) is 3. The van der Waals surface area contributed by atoms with E-state index in [1.807, 2.05) is 31.2 Å². The summed E-state index contributed by atoms with van der Waals surface area (Å²) in [7, 11) is 1.65. The Bertz CT molecular complexity index is 607. The molecule has 5 heteroatoms. The summed E-state index contributed by atoms with van der Waals surface area (Å²) >= 11 is 0. The minimum Gasteiger partial charge on any atom is -0.497 e. The van der Waals surface area contributed by atoms with Gasteiger partial charge < -0.3 is 19.8 Å². The van der Waals surface area contributed by atoms with E-state index in [1.165, 1.54) is 0 Å². The Labute approximate surface area is 124 Å². The number of H-pyrrole nitrogens is 1. The van der Waals surface area contributed by atoms with Crippen molar-refractivity contribution < 1.29 is 14.3 Å². The summed E-state index contributed by atoms with van der Waals surface area (Å²) in [5, 5.41) is 3.93. The molecule has 0 fully saturated rings. The number of benzene rings is 1. The maximum atomic E-state index is 11.9. The molecule has 2 N–H and O–H groups in total. The van der Waals surface area contributed by atoms with Gasteiger partial charge in [0, 0.05) is 23.2 Å². The minimum atomic E-state index is -0.422. The third kappa shape index (κ3) is 3.98. The highest BCUT2D eigenvalue weighted by molar-refractivity contribution is 5.83. The van der Waals surface area contributed by atoms with Gasteiger partial charge in [-0.25, -0.2) is 0 Å². The lowest BCUT2D eigenvalue weighted by Gasteiger charge is -2.12. The lowest BCUT2D eigenvalue weighted by molar-refractivity contribution is -0.131. The SMILES string of the molecule is CCCOC(C)C(=O)NCc1cc2cc(OC)ccc2[nH]1. The second kappa shape index (κ2) is 7.13. The molecular weight excluding hydrogens is 268 g/mol. The van der Waals surface area contributed by atoms with Gasteiger partial charge in [0.15, 0.2) is 0 Å². The summed E-state index contributed by atoms with van der Waals surface area (Å²) in [5.41, 5.74) is 1.98. The summed E-state index contributed by atoms with van der Waals surface area (Å²) in [4.78, 5) is 15.1. The first-order chi connectivity index (χ1) is 10.1.